The smallest absolute Gasteiger partial charge is 0.253 e. The zero-order valence-electron chi connectivity index (χ0n) is 28.9. The number of tetrazole rings is 1. The van der Waals surface area contributed by atoms with Crippen LogP contribution in [0.5, 0.6) is 0 Å². The van der Waals surface area contributed by atoms with E-state index in [4.69, 9.17) is 0 Å². The van der Waals surface area contributed by atoms with Crippen molar-refractivity contribution in [1.82, 2.24) is 40.6 Å². The largest absolute Gasteiger partial charge is 0.345 e. The molecule has 2 aliphatic carbocycles. The summed E-state index contributed by atoms with van der Waals surface area (Å²) in [4.78, 5) is 44.8. The van der Waals surface area contributed by atoms with Crippen LogP contribution >= 0.6 is 0 Å². The number of likely N-dealkylation sites (tertiary alicyclic amines) is 1. The normalized spacial score (nSPS) is 21.2. The Labute approximate surface area is 281 Å². The van der Waals surface area contributed by atoms with E-state index in [2.05, 4.69) is 52.8 Å². The second kappa shape index (κ2) is 12.4. The Morgan fingerprint density at radius 2 is 1.58 bits per heavy atom. The number of nitrogens with one attached hydrogen (secondary N) is 2. The van der Waals surface area contributed by atoms with Crippen LogP contribution in [0.4, 0.5) is 0 Å². The molecule has 0 unspecified atom stereocenters. The maximum absolute atomic E-state index is 13.6. The Kier molecular flexibility index (Phi) is 8.62. The van der Waals surface area contributed by atoms with Gasteiger partial charge in [0.15, 0.2) is 5.82 Å². The molecule has 48 heavy (non-hydrogen) atoms. The van der Waals surface area contributed by atoms with Gasteiger partial charge in [0.05, 0.1) is 18.0 Å². The molecule has 252 valence electrons. The maximum atomic E-state index is 13.6. The molecular formula is C36H45N9O3. The molecule has 2 N–H and O–H groups in total. The second-order valence-corrected chi connectivity index (χ2v) is 15.0. The van der Waals surface area contributed by atoms with Crippen LogP contribution < -0.4 is 5.32 Å². The summed E-state index contributed by atoms with van der Waals surface area (Å²) in [6.07, 6.45) is 3.45. The number of carbonyl (C=O) groups excluding carboxylic acids is 3. The van der Waals surface area contributed by atoms with Gasteiger partial charge in [-0.05, 0) is 90.0 Å². The summed E-state index contributed by atoms with van der Waals surface area (Å²) < 4.78 is 0. The minimum absolute atomic E-state index is 0.0604. The summed E-state index contributed by atoms with van der Waals surface area (Å²) in [5.74, 6) is 0.664. The van der Waals surface area contributed by atoms with Crippen molar-refractivity contribution in [2.45, 2.75) is 76.4 Å². The van der Waals surface area contributed by atoms with Crippen molar-refractivity contribution in [3.05, 3.63) is 75.6 Å². The van der Waals surface area contributed by atoms with Gasteiger partial charge >= 0.3 is 0 Å². The quantitative estimate of drug-likeness (QED) is 0.378. The van der Waals surface area contributed by atoms with Gasteiger partial charge in [-0.3, -0.25) is 14.4 Å². The van der Waals surface area contributed by atoms with E-state index in [1.54, 1.807) is 42.9 Å². The summed E-state index contributed by atoms with van der Waals surface area (Å²) in [7, 11) is 6.95. The van der Waals surface area contributed by atoms with E-state index in [1.165, 1.54) is 0 Å². The van der Waals surface area contributed by atoms with Crippen molar-refractivity contribution in [2.24, 2.45) is 11.3 Å². The fraction of sp³-hybridized carbons (Fsp3) is 0.528. The number of H-pyrrole nitrogens is 1. The number of aryl methyl sites for hydroxylation is 2. The number of aromatic amines is 1. The lowest BCUT2D eigenvalue weighted by molar-refractivity contribution is -0.131. The molecule has 1 saturated carbocycles. The summed E-state index contributed by atoms with van der Waals surface area (Å²) >= 11 is 0. The van der Waals surface area contributed by atoms with Crippen LogP contribution in [0.1, 0.15) is 88.8 Å². The number of fused-ring (bicyclic) bond motifs is 3. The summed E-state index contributed by atoms with van der Waals surface area (Å²) in [6.45, 7) is 6.51. The molecule has 12 heteroatoms. The molecule has 3 aromatic rings. The lowest BCUT2D eigenvalue weighted by Crippen LogP contribution is -2.51. The number of amides is 3. The van der Waals surface area contributed by atoms with Crippen molar-refractivity contribution in [1.29, 1.82) is 5.26 Å². The van der Waals surface area contributed by atoms with E-state index in [0.717, 1.165) is 35.1 Å². The second-order valence-electron chi connectivity index (χ2n) is 15.0. The molecule has 0 bridgehead atoms. The number of hydrogen-bond donors (Lipinski definition) is 2. The van der Waals surface area contributed by atoms with Gasteiger partial charge in [-0.15, -0.1) is 10.2 Å². The number of benzene rings is 2. The number of nitriles is 1. The Balaban J connectivity index is 1.49. The fourth-order valence-electron chi connectivity index (χ4n) is 7.75. The molecular weight excluding hydrogens is 606 g/mol. The Hall–Kier alpha value is -4.63. The van der Waals surface area contributed by atoms with Crippen LogP contribution in [0.15, 0.2) is 36.4 Å². The van der Waals surface area contributed by atoms with Crippen molar-refractivity contribution < 1.29 is 14.4 Å². The highest BCUT2D eigenvalue weighted by Gasteiger charge is 2.54. The minimum atomic E-state index is -0.952. The van der Waals surface area contributed by atoms with Crippen LogP contribution in [0.25, 0.3) is 0 Å². The molecule has 2 heterocycles. The molecule has 12 nitrogen and oxygen atoms in total. The summed E-state index contributed by atoms with van der Waals surface area (Å²) in [6, 6.07) is 13.6. The van der Waals surface area contributed by atoms with Gasteiger partial charge in [0.25, 0.3) is 11.8 Å². The van der Waals surface area contributed by atoms with E-state index in [9.17, 15) is 19.6 Å². The zero-order valence-corrected chi connectivity index (χ0v) is 28.9. The van der Waals surface area contributed by atoms with Gasteiger partial charge in [0, 0.05) is 51.4 Å². The van der Waals surface area contributed by atoms with Crippen molar-refractivity contribution in [2.75, 3.05) is 34.7 Å². The Morgan fingerprint density at radius 3 is 2.06 bits per heavy atom. The Morgan fingerprint density at radius 1 is 1.00 bits per heavy atom. The average Bonchev–Trinajstić information content (AvgIpc) is 3.43. The molecule has 4 atom stereocenters. The predicted molar refractivity (Wildman–Crippen MR) is 179 cm³/mol. The van der Waals surface area contributed by atoms with Crippen LogP contribution in [-0.2, 0) is 23.1 Å². The molecule has 3 amide bonds. The summed E-state index contributed by atoms with van der Waals surface area (Å²) in [5, 5.41) is 29.3. The predicted octanol–water partition coefficient (Wildman–Crippen LogP) is 2.94. The topological polar surface area (TPSA) is 151 Å². The summed E-state index contributed by atoms with van der Waals surface area (Å²) in [5.41, 5.74) is 3.78. The third-order valence-corrected chi connectivity index (χ3v) is 10.4. The number of aromatic nitrogens is 4. The molecule has 1 saturated heterocycles. The fourth-order valence-corrected chi connectivity index (χ4v) is 7.75. The molecule has 1 aliphatic heterocycles. The van der Waals surface area contributed by atoms with Crippen molar-refractivity contribution >= 4 is 17.7 Å². The molecule has 0 radical (unpaired) electrons. The molecule has 2 aromatic carbocycles. The molecule has 6 rings (SSSR count). The first kappa shape index (κ1) is 33.3. The van der Waals surface area contributed by atoms with Crippen molar-refractivity contribution in [3.63, 3.8) is 0 Å². The number of piperidine rings is 1. The van der Waals surface area contributed by atoms with Crippen LogP contribution in [0.2, 0.25) is 0 Å². The van der Waals surface area contributed by atoms with E-state index < -0.39 is 5.41 Å². The van der Waals surface area contributed by atoms with Gasteiger partial charge in [-0.1, -0.05) is 38.1 Å². The van der Waals surface area contributed by atoms with Crippen LogP contribution in [-0.4, -0.2) is 106 Å². The lowest BCUT2D eigenvalue weighted by Gasteiger charge is -2.41. The van der Waals surface area contributed by atoms with Gasteiger partial charge in [-0.25, -0.2) is 0 Å². The number of hydrogen-bond acceptors (Lipinski definition) is 8. The Bertz CT molecular complexity index is 1700. The van der Waals surface area contributed by atoms with E-state index in [-0.39, 0.29) is 47.8 Å². The number of carbonyl (C=O) groups is 3. The standard InChI is InChI=1S/C36H45N9O3/c1-35(2,3)30(38-20-31(46)45-26(19-37)16-25-17-29(25)45)18-36(34-39-41-42-40-34)27-12-10-23(32(47)43(4)5)14-21(27)8-9-22-15-24(11-13-28(22)36)33(48)44(6)7/h10-15,25-26,29-30,38H,8-9,16-18,20H2,1-7H3,(H,39,40,41,42)/t25-,26+,29+,30-/m1/s1. The lowest BCUT2D eigenvalue weighted by atomic mass is 9.64. The van der Waals surface area contributed by atoms with Gasteiger partial charge in [0.2, 0.25) is 5.91 Å². The number of nitrogens with zero attached hydrogens (tertiary/aromatic N) is 7. The molecule has 0 spiro atoms. The van der Waals surface area contributed by atoms with E-state index in [0.29, 0.717) is 42.1 Å². The minimum Gasteiger partial charge on any atom is -0.345 e. The average molecular weight is 652 g/mol. The first-order valence-corrected chi connectivity index (χ1v) is 16.6. The highest BCUT2D eigenvalue weighted by molar-refractivity contribution is 5.95. The van der Waals surface area contributed by atoms with Gasteiger partial charge in [0.1, 0.15) is 6.04 Å². The highest BCUT2D eigenvalue weighted by atomic mass is 16.2. The van der Waals surface area contributed by atoms with E-state index >= 15 is 0 Å². The molecule has 2 fully saturated rings. The first-order valence-electron chi connectivity index (χ1n) is 16.6. The zero-order chi connectivity index (χ0) is 34.5. The number of rotatable bonds is 8. The molecule has 1 aromatic heterocycles. The molecule has 3 aliphatic rings. The third-order valence-electron chi connectivity index (χ3n) is 10.4. The maximum Gasteiger partial charge on any atom is 0.253 e. The van der Waals surface area contributed by atoms with Gasteiger partial charge < -0.3 is 20.0 Å². The van der Waals surface area contributed by atoms with E-state index in [1.807, 2.05) is 36.4 Å². The third kappa shape index (κ3) is 5.85. The van der Waals surface area contributed by atoms with Crippen LogP contribution in [0, 0.1) is 22.7 Å². The monoisotopic (exact) mass is 651 g/mol. The van der Waals surface area contributed by atoms with Gasteiger partial charge in [-0.2, -0.15) is 10.5 Å². The highest BCUT2D eigenvalue weighted by Crippen LogP contribution is 2.49. The SMILES string of the molecule is CN(C)C(=O)c1ccc2c(c1)CCc1cc(C(=O)N(C)C)ccc1C2(C[C@@H](NCC(=O)N1[C@H](C#N)C[C@@H]2C[C@@H]21)C(C)(C)C)c1nn[nH]n1. The van der Waals surface area contributed by atoms with Crippen LogP contribution in [0.3, 0.4) is 0 Å². The van der Waals surface area contributed by atoms with Crippen molar-refractivity contribution in [3.8, 4) is 6.07 Å². The first-order chi connectivity index (χ1) is 22.8.